The van der Waals surface area contributed by atoms with Crippen LogP contribution in [0.4, 0.5) is 18.9 Å². The van der Waals surface area contributed by atoms with Gasteiger partial charge in [-0.3, -0.25) is 4.72 Å². The van der Waals surface area contributed by atoms with Crippen molar-refractivity contribution in [1.82, 2.24) is 0 Å². The van der Waals surface area contributed by atoms with E-state index in [1.54, 1.807) is 30.3 Å². The number of halogens is 3. The van der Waals surface area contributed by atoms with E-state index in [0.717, 1.165) is 28.7 Å². The van der Waals surface area contributed by atoms with Crippen LogP contribution in [0.2, 0.25) is 0 Å². The Morgan fingerprint density at radius 1 is 1.07 bits per heavy atom. The van der Waals surface area contributed by atoms with Gasteiger partial charge in [-0.05, 0) is 48.0 Å². The number of sulfonamides is 1. The molecule has 0 aromatic heterocycles. The van der Waals surface area contributed by atoms with Gasteiger partial charge in [-0.1, -0.05) is 12.1 Å². The molecule has 2 atom stereocenters. The van der Waals surface area contributed by atoms with Crippen molar-refractivity contribution in [3.8, 4) is 5.75 Å². The van der Waals surface area contributed by atoms with E-state index in [-0.39, 0.29) is 18.0 Å². The van der Waals surface area contributed by atoms with E-state index in [4.69, 9.17) is 10.5 Å². The maximum atomic E-state index is 14.3. The lowest BCUT2D eigenvalue weighted by Gasteiger charge is -2.34. The summed E-state index contributed by atoms with van der Waals surface area (Å²) in [6, 6.07) is 9.89. The molecule has 5 nitrogen and oxygen atoms in total. The van der Waals surface area contributed by atoms with Crippen LogP contribution in [0.15, 0.2) is 42.5 Å². The van der Waals surface area contributed by atoms with Crippen LogP contribution in [0.1, 0.15) is 17.2 Å². The first kappa shape index (κ1) is 20.5. The number of nitrogens with one attached hydrogen (secondary N) is 1. The van der Waals surface area contributed by atoms with Crippen molar-refractivity contribution in [2.45, 2.75) is 12.5 Å². The third-order valence-electron chi connectivity index (χ3n) is 5.19. The van der Waals surface area contributed by atoms with E-state index < -0.39 is 33.6 Å². The molecule has 1 heterocycles. The van der Waals surface area contributed by atoms with E-state index >= 15 is 0 Å². The van der Waals surface area contributed by atoms with Crippen molar-refractivity contribution in [2.24, 2.45) is 11.7 Å². The molecule has 1 aliphatic rings. The Kier molecular flexibility index (Phi) is 5.11. The highest BCUT2D eigenvalue weighted by Crippen LogP contribution is 2.42. The average molecular weight is 436 g/mol. The number of hydrogen-bond acceptors (Lipinski definition) is 4. The summed E-state index contributed by atoms with van der Waals surface area (Å²) in [7, 11) is -3.41. The average Bonchev–Trinajstić information content (AvgIpc) is 2.68. The van der Waals surface area contributed by atoms with Gasteiger partial charge in [0.1, 0.15) is 17.7 Å². The van der Waals surface area contributed by atoms with Crippen molar-refractivity contribution in [3.63, 3.8) is 0 Å². The minimum atomic E-state index is -3.41. The molecular weight excluding hydrogens is 417 g/mol. The highest BCUT2D eigenvalue weighted by atomic mass is 32.2. The second kappa shape index (κ2) is 7.48. The second-order valence-corrected chi connectivity index (χ2v) is 9.13. The molecule has 0 saturated heterocycles. The summed E-state index contributed by atoms with van der Waals surface area (Å²) in [5, 5.41) is 1.63. The van der Waals surface area contributed by atoms with E-state index in [2.05, 4.69) is 4.72 Å². The topological polar surface area (TPSA) is 81.4 Å². The van der Waals surface area contributed by atoms with Gasteiger partial charge >= 0.3 is 0 Å². The Labute approximate surface area is 171 Å². The van der Waals surface area contributed by atoms with Gasteiger partial charge in [-0.25, -0.2) is 21.6 Å². The lowest BCUT2D eigenvalue weighted by atomic mass is 9.84. The molecule has 3 aromatic carbocycles. The van der Waals surface area contributed by atoms with Crippen LogP contribution >= 0.6 is 0 Å². The highest BCUT2D eigenvalue weighted by Gasteiger charge is 2.34. The van der Waals surface area contributed by atoms with E-state index in [9.17, 15) is 21.6 Å². The summed E-state index contributed by atoms with van der Waals surface area (Å²) in [6.45, 7) is 0.145. The van der Waals surface area contributed by atoms with Crippen LogP contribution in [0.25, 0.3) is 10.8 Å². The predicted octanol–water partition coefficient (Wildman–Crippen LogP) is 3.88. The van der Waals surface area contributed by atoms with Gasteiger partial charge in [0.15, 0.2) is 11.6 Å². The largest absolute Gasteiger partial charge is 0.485 e. The number of fused-ring (bicyclic) bond motifs is 3. The van der Waals surface area contributed by atoms with Gasteiger partial charge in [-0.2, -0.15) is 0 Å². The van der Waals surface area contributed by atoms with Crippen molar-refractivity contribution >= 4 is 26.5 Å². The fourth-order valence-electron chi connectivity index (χ4n) is 3.86. The Morgan fingerprint density at radius 2 is 1.80 bits per heavy atom. The molecule has 3 N–H and O–H groups in total. The fourth-order valence-corrected chi connectivity index (χ4v) is 4.41. The van der Waals surface area contributed by atoms with Gasteiger partial charge in [0.25, 0.3) is 0 Å². The quantitative estimate of drug-likeness (QED) is 0.609. The standard InChI is InChI=1S/C21H19F3N2O3S/c1-30(27,28)26-13-3-4-14-11(6-13)2-5-20-15(14)7-12(10-25)21(29-20)16-8-18(23)19(24)9-17(16)22/h2-6,8-9,12,21,26H,7,10,25H2,1H3. The zero-order valence-electron chi connectivity index (χ0n) is 16.0. The summed E-state index contributed by atoms with van der Waals surface area (Å²) in [6.07, 6.45) is 0.646. The monoisotopic (exact) mass is 436 g/mol. The lowest BCUT2D eigenvalue weighted by molar-refractivity contribution is 0.114. The first-order valence-electron chi connectivity index (χ1n) is 9.21. The van der Waals surface area contributed by atoms with E-state index in [1.165, 1.54) is 0 Å². The van der Waals surface area contributed by atoms with Crippen molar-refractivity contribution in [3.05, 3.63) is 71.0 Å². The van der Waals surface area contributed by atoms with Crippen LogP contribution in [0, 0.1) is 23.4 Å². The fraction of sp³-hybridized carbons (Fsp3) is 0.238. The Bertz CT molecular complexity index is 1250. The molecule has 0 radical (unpaired) electrons. The molecule has 0 amide bonds. The lowest BCUT2D eigenvalue weighted by Crippen LogP contribution is -2.32. The van der Waals surface area contributed by atoms with Crippen LogP contribution in [0.5, 0.6) is 5.75 Å². The smallest absolute Gasteiger partial charge is 0.229 e. The Balaban J connectivity index is 1.76. The molecule has 0 saturated carbocycles. The second-order valence-electron chi connectivity index (χ2n) is 7.38. The van der Waals surface area contributed by atoms with Crippen molar-refractivity contribution < 1.29 is 26.3 Å². The SMILES string of the molecule is CS(=O)(=O)Nc1ccc2c3c(ccc2c1)OC(c1cc(F)c(F)cc1F)C(CN)C3. The number of ether oxygens (including phenoxy) is 1. The molecule has 0 spiro atoms. The number of benzene rings is 3. The van der Waals surface area contributed by atoms with Gasteiger partial charge in [-0.15, -0.1) is 0 Å². The van der Waals surface area contributed by atoms with Crippen LogP contribution in [-0.2, 0) is 16.4 Å². The third-order valence-corrected chi connectivity index (χ3v) is 5.80. The van der Waals surface area contributed by atoms with Crippen LogP contribution in [0.3, 0.4) is 0 Å². The minimum absolute atomic E-state index is 0.0807. The number of hydrogen-bond donors (Lipinski definition) is 2. The molecular formula is C21H19F3N2O3S. The first-order valence-corrected chi connectivity index (χ1v) is 11.1. The summed E-state index contributed by atoms with van der Waals surface area (Å²) in [4.78, 5) is 0. The zero-order chi connectivity index (χ0) is 21.6. The maximum Gasteiger partial charge on any atom is 0.229 e. The summed E-state index contributed by atoms with van der Waals surface area (Å²) in [5.41, 5.74) is 7.09. The van der Waals surface area contributed by atoms with E-state index in [0.29, 0.717) is 23.9 Å². The number of anilines is 1. The summed E-state index contributed by atoms with van der Waals surface area (Å²) >= 11 is 0. The molecule has 9 heteroatoms. The molecule has 0 aliphatic carbocycles. The Hall–Kier alpha value is -2.78. The summed E-state index contributed by atoms with van der Waals surface area (Å²) < 4.78 is 72.8. The molecule has 0 fully saturated rings. The van der Waals surface area contributed by atoms with Gasteiger partial charge in [0.2, 0.25) is 10.0 Å². The van der Waals surface area contributed by atoms with Gasteiger partial charge in [0.05, 0.1) is 6.26 Å². The predicted molar refractivity (Wildman–Crippen MR) is 108 cm³/mol. The molecule has 1 aliphatic heterocycles. The van der Waals surface area contributed by atoms with Gasteiger partial charge < -0.3 is 10.5 Å². The third kappa shape index (κ3) is 3.82. The molecule has 4 rings (SSSR count). The molecule has 3 aromatic rings. The first-order chi connectivity index (χ1) is 14.2. The van der Waals surface area contributed by atoms with Crippen LogP contribution < -0.4 is 15.2 Å². The highest BCUT2D eigenvalue weighted by molar-refractivity contribution is 7.92. The van der Waals surface area contributed by atoms with Crippen molar-refractivity contribution in [1.29, 1.82) is 0 Å². The molecule has 0 bridgehead atoms. The normalized spacial score (nSPS) is 18.7. The molecule has 2 unspecified atom stereocenters. The maximum absolute atomic E-state index is 14.3. The number of rotatable bonds is 4. The Morgan fingerprint density at radius 3 is 2.50 bits per heavy atom. The van der Waals surface area contributed by atoms with Gasteiger partial charge in [0, 0.05) is 28.8 Å². The zero-order valence-corrected chi connectivity index (χ0v) is 16.8. The molecule has 158 valence electrons. The molecule has 30 heavy (non-hydrogen) atoms. The summed E-state index contributed by atoms with van der Waals surface area (Å²) in [5.74, 6) is -3.18. The van der Waals surface area contributed by atoms with Crippen molar-refractivity contribution in [2.75, 3.05) is 17.5 Å². The minimum Gasteiger partial charge on any atom is -0.485 e. The van der Waals surface area contributed by atoms with Crippen LogP contribution in [-0.4, -0.2) is 21.2 Å². The number of nitrogens with two attached hydrogens (primary N) is 1. The van der Waals surface area contributed by atoms with E-state index in [1.807, 2.05) is 0 Å².